The Morgan fingerprint density at radius 1 is 1.36 bits per heavy atom. The highest BCUT2D eigenvalue weighted by atomic mass is 16.6. The number of hydrogen-bond acceptors (Lipinski definition) is 5. The number of carbonyl (C=O) groups is 1. The molecule has 0 spiro atoms. The summed E-state index contributed by atoms with van der Waals surface area (Å²) in [6.45, 7) is 9.41. The fourth-order valence-corrected chi connectivity index (χ4v) is 3.41. The number of piperidine rings is 1. The second kappa shape index (κ2) is 7.18. The molecule has 3 rings (SSSR count). The normalized spacial score (nSPS) is 24.1. The number of nitrogens with zero attached hydrogens (tertiary/aromatic N) is 3. The van der Waals surface area contributed by atoms with E-state index in [1.165, 1.54) is 12.8 Å². The molecule has 0 bridgehead atoms. The average Bonchev–Trinajstić information content (AvgIpc) is 3.37. The number of amides is 1. The summed E-state index contributed by atoms with van der Waals surface area (Å²) in [6.07, 6.45) is 6.22. The third-order valence-corrected chi connectivity index (χ3v) is 4.87. The lowest BCUT2D eigenvalue weighted by Gasteiger charge is -2.41. The molecule has 2 unspecified atom stereocenters. The molecule has 138 valence electrons. The number of aromatic nitrogens is 2. The summed E-state index contributed by atoms with van der Waals surface area (Å²) in [5.74, 6) is 2.98. The van der Waals surface area contributed by atoms with Crippen molar-refractivity contribution in [2.75, 3.05) is 18.0 Å². The summed E-state index contributed by atoms with van der Waals surface area (Å²) in [7, 11) is 0. The van der Waals surface area contributed by atoms with Crippen LogP contribution >= 0.6 is 0 Å². The summed E-state index contributed by atoms with van der Waals surface area (Å²) >= 11 is 0. The summed E-state index contributed by atoms with van der Waals surface area (Å²) in [5, 5.41) is 2.94. The molecular weight excluding hydrogens is 316 g/mol. The van der Waals surface area contributed by atoms with Gasteiger partial charge in [0.25, 0.3) is 0 Å². The van der Waals surface area contributed by atoms with Crippen LogP contribution in [-0.2, 0) is 4.74 Å². The largest absolute Gasteiger partial charge is 0.444 e. The highest BCUT2D eigenvalue weighted by Crippen LogP contribution is 2.38. The number of alkyl carbamates (subject to hydrolysis) is 1. The van der Waals surface area contributed by atoms with Crippen molar-refractivity contribution < 1.29 is 9.53 Å². The lowest BCUT2D eigenvalue weighted by atomic mass is 9.90. The zero-order valence-electron chi connectivity index (χ0n) is 15.8. The number of anilines is 1. The van der Waals surface area contributed by atoms with E-state index < -0.39 is 5.60 Å². The van der Waals surface area contributed by atoms with Crippen LogP contribution in [0.2, 0.25) is 0 Å². The SMILES string of the molecule is CC1CCCN(c2ccnc(C3CC3)n2)C1CNC(=O)OC(C)(C)C. The van der Waals surface area contributed by atoms with Crippen molar-refractivity contribution in [3.05, 3.63) is 18.1 Å². The molecule has 1 N–H and O–H groups in total. The van der Waals surface area contributed by atoms with Crippen molar-refractivity contribution in [2.45, 2.75) is 70.9 Å². The first-order valence-corrected chi connectivity index (χ1v) is 9.40. The van der Waals surface area contributed by atoms with Gasteiger partial charge in [0.15, 0.2) is 0 Å². The molecule has 1 aromatic rings. The van der Waals surface area contributed by atoms with Crippen LogP contribution in [-0.4, -0.2) is 40.8 Å². The monoisotopic (exact) mass is 346 g/mol. The van der Waals surface area contributed by atoms with Crippen molar-refractivity contribution in [1.29, 1.82) is 0 Å². The zero-order valence-corrected chi connectivity index (χ0v) is 15.8. The van der Waals surface area contributed by atoms with Crippen molar-refractivity contribution in [3.8, 4) is 0 Å². The molecule has 0 radical (unpaired) electrons. The van der Waals surface area contributed by atoms with Crippen LogP contribution in [0.5, 0.6) is 0 Å². The van der Waals surface area contributed by atoms with Gasteiger partial charge in [-0.2, -0.15) is 0 Å². The van der Waals surface area contributed by atoms with Crippen molar-refractivity contribution in [2.24, 2.45) is 5.92 Å². The quantitative estimate of drug-likeness (QED) is 0.904. The third kappa shape index (κ3) is 4.83. The van der Waals surface area contributed by atoms with E-state index in [0.29, 0.717) is 18.4 Å². The number of hydrogen-bond donors (Lipinski definition) is 1. The Labute approximate surface area is 150 Å². The Balaban J connectivity index is 1.68. The smallest absolute Gasteiger partial charge is 0.407 e. The fraction of sp³-hybridized carbons (Fsp3) is 0.737. The van der Waals surface area contributed by atoms with Gasteiger partial charge in [-0.25, -0.2) is 14.8 Å². The Kier molecular flexibility index (Phi) is 5.16. The number of nitrogens with one attached hydrogen (secondary N) is 1. The molecule has 1 amide bonds. The minimum atomic E-state index is -0.478. The maximum absolute atomic E-state index is 12.0. The minimum Gasteiger partial charge on any atom is -0.444 e. The van der Waals surface area contributed by atoms with E-state index >= 15 is 0 Å². The first kappa shape index (κ1) is 18.0. The average molecular weight is 346 g/mol. The van der Waals surface area contributed by atoms with Gasteiger partial charge in [0.2, 0.25) is 0 Å². The summed E-state index contributed by atoms with van der Waals surface area (Å²) in [5.41, 5.74) is -0.478. The first-order chi connectivity index (χ1) is 11.8. The van der Waals surface area contributed by atoms with Crippen LogP contribution < -0.4 is 10.2 Å². The molecule has 25 heavy (non-hydrogen) atoms. The lowest BCUT2D eigenvalue weighted by Crippen LogP contribution is -2.51. The molecule has 6 heteroatoms. The van der Waals surface area contributed by atoms with Crippen LogP contribution in [0, 0.1) is 5.92 Å². The van der Waals surface area contributed by atoms with Gasteiger partial charge < -0.3 is 15.0 Å². The predicted molar refractivity (Wildman–Crippen MR) is 97.8 cm³/mol. The molecule has 1 aliphatic heterocycles. The highest BCUT2D eigenvalue weighted by molar-refractivity contribution is 5.67. The minimum absolute atomic E-state index is 0.225. The molecule has 1 saturated carbocycles. The number of ether oxygens (including phenoxy) is 1. The Bertz CT molecular complexity index is 610. The van der Waals surface area contributed by atoms with E-state index in [9.17, 15) is 4.79 Å². The predicted octanol–water partition coefficient (Wildman–Crippen LogP) is 3.48. The molecule has 0 aromatic carbocycles. The van der Waals surface area contributed by atoms with Gasteiger partial charge in [-0.3, -0.25) is 0 Å². The van der Waals surface area contributed by atoms with E-state index in [-0.39, 0.29) is 12.1 Å². The molecule has 1 saturated heterocycles. The fourth-order valence-electron chi connectivity index (χ4n) is 3.41. The van der Waals surface area contributed by atoms with Crippen LogP contribution in [0.1, 0.15) is 65.1 Å². The standard InChI is InChI=1S/C19H30N4O2/c1-13-6-5-11-23(15(13)12-21-18(24)25-19(2,3)4)16-9-10-20-17(22-16)14-7-8-14/h9-10,13-15H,5-8,11-12H2,1-4H3,(H,21,24). The van der Waals surface area contributed by atoms with E-state index in [4.69, 9.17) is 9.72 Å². The second-order valence-corrected chi connectivity index (χ2v) is 8.31. The third-order valence-electron chi connectivity index (χ3n) is 4.87. The molecule has 2 fully saturated rings. The molecule has 2 heterocycles. The van der Waals surface area contributed by atoms with E-state index in [0.717, 1.165) is 31.0 Å². The van der Waals surface area contributed by atoms with Gasteiger partial charge in [0.1, 0.15) is 17.2 Å². The molecule has 1 aromatic heterocycles. The van der Waals surface area contributed by atoms with Crippen LogP contribution in [0.15, 0.2) is 12.3 Å². The highest BCUT2D eigenvalue weighted by Gasteiger charge is 2.32. The maximum atomic E-state index is 12.0. The van der Waals surface area contributed by atoms with Gasteiger partial charge in [0.05, 0.1) is 6.04 Å². The van der Waals surface area contributed by atoms with Crippen LogP contribution in [0.25, 0.3) is 0 Å². The van der Waals surface area contributed by atoms with Crippen molar-refractivity contribution >= 4 is 11.9 Å². The molecular formula is C19H30N4O2. The number of rotatable bonds is 4. The van der Waals surface area contributed by atoms with Gasteiger partial charge in [0, 0.05) is 25.2 Å². The summed E-state index contributed by atoms with van der Waals surface area (Å²) in [6, 6.07) is 2.22. The molecule has 2 aliphatic rings. The summed E-state index contributed by atoms with van der Waals surface area (Å²) in [4.78, 5) is 23.6. The van der Waals surface area contributed by atoms with E-state index in [2.05, 4.69) is 22.1 Å². The van der Waals surface area contributed by atoms with Crippen LogP contribution in [0.4, 0.5) is 10.6 Å². The van der Waals surface area contributed by atoms with Gasteiger partial charge in [-0.05, 0) is 58.4 Å². The van der Waals surface area contributed by atoms with E-state index in [1.807, 2.05) is 33.0 Å². The van der Waals surface area contributed by atoms with Gasteiger partial charge in [-0.15, -0.1) is 0 Å². The second-order valence-electron chi connectivity index (χ2n) is 8.31. The lowest BCUT2D eigenvalue weighted by molar-refractivity contribution is 0.0519. The Morgan fingerprint density at radius 2 is 2.12 bits per heavy atom. The van der Waals surface area contributed by atoms with Crippen molar-refractivity contribution in [1.82, 2.24) is 15.3 Å². The molecule has 1 aliphatic carbocycles. The van der Waals surface area contributed by atoms with Crippen LogP contribution in [0.3, 0.4) is 0 Å². The molecule has 6 nitrogen and oxygen atoms in total. The van der Waals surface area contributed by atoms with Gasteiger partial charge in [-0.1, -0.05) is 6.92 Å². The Morgan fingerprint density at radius 3 is 2.80 bits per heavy atom. The first-order valence-electron chi connectivity index (χ1n) is 9.40. The van der Waals surface area contributed by atoms with Crippen molar-refractivity contribution in [3.63, 3.8) is 0 Å². The topological polar surface area (TPSA) is 67.4 Å². The Hall–Kier alpha value is -1.85. The zero-order chi connectivity index (χ0) is 18.0. The molecule has 2 atom stereocenters. The van der Waals surface area contributed by atoms with E-state index in [1.54, 1.807) is 0 Å². The number of carbonyl (C=O) groups excluding carboxylic acids is 1. The maximum Gasteiger partial charge on any atom is 0.407 e. The summed E-state index contributed by atoms with van der Waals surface area (Å²) < 4.78 is 5.37. The van der Waals surface area contributed by atoms with Gasteiger partial charge >= 0.3 is 6.09 Å².